The Morgan fingerprint density at radius 1 is 1.21 bits per heavy atom. The Hall–Kier alpha value is -0.740. The van der Waals surface area contributed by atoms with Gasteiger partial charge in [-0.05, 0) is 57.6 Å². The molecule has 0 atom stereocenters. The molecule has 0 aromatic heterocycles. The molecule has 0 fully saturated rings. The molecule has 0 aliphatic rings. The molecule has 0 bridgehead atoms. The van der Waals surface area contributed by atoms with Gasteiger partial charge in [0.2, 0.25) is 0 Å². The summed E-state index contributed by atoms with van der Waals surface area (Å²) in [5.41, 5.74) is 1.27. The van der Waals surface area contributed by atoms with Crippen LogP contribution in [0, 0.1) is 0 Å². The van der Waals surface area contributed by atoms with E-state index in [9.17, 15) is 0 Å². The number of hydrogen-bond acceptors (Lipinski definition) is 3. The van der Waals surface area contributed by atoms with E-state index in [0.29, 0.717) is 6.61 Å². The molecule has 108 valence electrons. The number of hydrogen-bond donors (Lipinski definition) is 0. The van der Waals surface area contributed by atoms with E-state index >= 15 is 0 Å². The fourth-order valence-electron chi connectivity index (χ4n) is 1.84. The highest BCUT2D eigenvalue weighted by Crippen LogP contribution is 2.34. The molecular weight excluding hydrogens is 306 g/mol. The molecule has 0 aliphatic carbocycles. The minimum absolute atomic E-state index is 0.711. The van der Waals surface area contributed by atoms with Gasteiger partial charge in [-0.1, -0.05) is 22.9 Å². The van der Waals surface area contributed by atoms with Gasteiger partial charge in [-0.25, -0.2) is 0 Å². The average molecular weight is 330 g/mol. The Morgan fingerprint density at radius 2 is 1.95 bits per heavy atom. The van der Waals surface area contributed by atoms with Gasteiger partial charge in [-0.3, -0.25) is 0 Å². The third kappa shape index (κ3) is 5.41. The SMILES string of the molecule is CCCOc1cc(Br)c(CCCN(C)C)cc1OC. The fraction of sp³-hybridized carbons (Fsp3) is 0.600. The average Bonchev–Trinajstić information content (AvgIpc) is 2.38. The van der Waals surface area contributed by atoms with Crippen LogP contribution in [0.3, 0.4) is 0 Å². The third-order valence-corrected chi connectivity index (χ3v) is 3.58. The summed E-state index contributed by atoms with van der Waals surface area (Å²) in [6.07, 6.45) is 3.15. The van der Waals surface area contributed by atoms with Crippen LogP contribution < -0.4 is 9.47 Å². The Morgan fingerprint density at radius 3 is 2.53 bits per heavy atom. The van der Waals surface area contributed by atoms with Crippen molar-refractivity contribution in [1.82, 2.24) is 4.90 Å². The molecule has 0 unspecified atom stereocenters. The number of methoxy groups -OCH3 is 1. The van der Waals surface area contributed by atoms with Gasteiger partial charge in [-0.2, -0.15) is 0 Å². The zero-order valence-corrected chi connectivity index (χ0v) is 13.9. The van der Waals surface area contributed by atoms with Crippen LogP contribution >= 0.6 is 15.9 Å². The number of aryl methyl sites for hydroxylation is 1. The lowest BCUT2D eigenvalue weighted by Crippen LogP contribution is -2.13. The molecule has 1 aromatic carbocycles. The molecule has 4 heteroatoms. The summed E-state index contributed by atoms with van der Waals surface area (Å²) in [4.78, 5) is 2.20. The lowest BCUT2D eigenvalue weighted by molar-refractivity contribution is 0.294. The van der Waals surface area contributed by atoms with Gasteiger partial charge in [0.15, 0.2) is 11.5 Å². The Bertz CT molecular complexity index is 394. The maximum atomic E-state index is 5.69. The van der Waals surface area contributed by atoms with E-state index in [2.05, 4.69) is 47.9 Å². The first-order valence-electron chi connectivity index (χ1n) is 6.72. The summed E-state index contributed by atoms with van der Waals surface area (Å²) in [5.74, 6) is 1.63. The van der Waals surface area contributed by atoms with E-state index in [4.69, 9.17) is 9.47 Å². The molecular formula is C15H24BrNO2. The second-order valence-corrected chi connectivity index (χ2v) is 5.70. The molecule has 19 heavy (non-hydrogen) atoms. The van der Waals surface area contributed by atoms with Crippen molar-refractivity contribution in [1.29, 1.82) is 0 Å². The Balaban J connectivity index is 2.77. The highest BCUT2D eigenvalue weighted by Gasteiger charge is 2.10. The van der Waals surface area contributed by atoms with Crippen LogP contribution in [0.1, 0.15) is 25.3 Å². The standard InChI is InChI=1S/C15H24BrNO2/c1-5-9-19-15-11-13(16)12(10-14(15)18-4)7-6-8-17(2)3/h10-11H,5-9H2,1-4H3. The Kier molecular flexibility index (Phi) is 7.24. The number of rotatable bonds is 8. The van der Waals surface area contributed by atoms with Crippen molar-refractivity contribution in [3.8, 4) is 11.5 Å². The van der Waals surface area contributed by atoms with Gasteiger partial charge in [0, 0.05) is 4.47 Å². The third-order valence-electron chi connectivity index (χ3n) is 2.85. The maximum Gasteiger partial charge on any atom is 0.162 e. The molecule has 0 saturated heterocycles. The van der Waals surface area contributed by atoms with Crippen molar-refractivity contribution in [3.05, 3.63) is 22.2 Å². The molecule has 3 nitrogen and oxygen atoms in total. The van der Waals surface area contributed by atoms with Crippen LogP contribution in [0.5, 0.6) is 11.5 Å². The minimum Gasteiger partial charge on any atom is -0.493 e. The molecule has 0 saturated carbocycles. The number of halogens is 1. The first-order valence-corrected chi connectivity index (χ1v) is 7.51. The summed E-state index contributed by atoms with van der Waals surface area (Å²) in [6, 6.07) is 4.09. The topological polar surface area (TPSA) is 21.7 Å². The number of ether oxygens (including phenoxy) is 2. The molecule has 0 amide bonds. The van der Waals surface area contributed by atoms with E-state index in [-0.39, 0.29) is 0 Å². The first-order chi connectivity index (χ1) is 9.08. The van der Waals surface area contributed by atoms with Crippen molar-refractivity contribution in [2.45, 2.75) is 26.2 Å². The van der Waals surface area contributed by atoms with Crippen LogP contribution in [-0.2, 0) is 6.42 Å². The summed E-state index contributed by atoms with van der Waals surface area (Å²) in [7, 11) is 5.88. The van der Waals surface area contributed by atoms with Gasteiger partial charge < -0.3 is 14.4 Å². The second kappa shape index (κ2) is 8.43. The van der Waals surface area contributed by atoms with Gasteiger partial charge in [0.05, 0.1) is 13.7 Å². The van der Waals surface area contributed by atoms with E-state index in [0.717, 1.165) is 41.8 Å². The smallest absolute Gasteiger partial charge is 0.162 e. The minimum atomic E-state index is 0.711. The van der Waals surface area contributed by atoms with Crippen molar-refractivity contribution in [3.63, 3.8) is 0 Å². The van der Waals surface area contributed by atoms with Crippen molar-refractivity contribution in [2.75, 3.05) is 34.4 Å². The van der Waals surface area contributed by atoms with Crippen molar-refractivity contribution in [2.24, 2.45) is 0 Å². The molecule has 0 radical (unpaired) electrons. The summed E-state index contributed by atoms with van der Waals surface area (Å²) in [6.45, 7) is 3.89. The first kappa shape index (κ1) is 16.3. The van der Waals surface area contributed by atoms with Crippen LogP contribution in [0.4, 0.5) is 0 Å². The van der Waals surface area contributed by atoms with E-state index in [1.165, 1.54) is 5.56 Å². The molecule has 0 heterocycles. The zero-order valence-electron chi connectivity index (χ0n) is 12.3. The van der Waals surface area contributed by atoms with E-state index in [1.54, 1.807) is 7.11 Å². The van der Waals surface area contributed by atoms with Crippen LogP contribution in [0.25, 0.3) is 0 Å². The quantitative estimate of drug-likeness (QED) is 0.725. The van der Waals surface area contributed by atoms with Crippen molar-refractivity contribution < 1.29 is 9.47 Å². The van der Waals surface area contributed by atoms with Gasteiger partial charge in [0.25, 0.3) is 0 Å². The number of benzene rings is 1. The van der Waals surface area contributed by atoms with E-state index in [1.807, 2.05) is 6.07 Å². The molecule has 0 aliphatic heterocycles. The monoisotopic (exact) mass is 329 g/mol. The highest BCUT2D eigenvalue weighted by molar-refractivity contribution is 9.10. The van der Waals surface area contributed by atoms with Crippen LogP contribution in [0.2, 0.25) is 0 Å². The fourth-order valence-corrected chi connectivity index (χ4v) is 2.36. The Labute approximate surface area is 125 Å². The lowest BCUT2D eigenvalue weighted by atomic mass is 10.1. The molecule has 1 rings (SSSR count). The van der Waals surface area contributed by atoms with Crippen LogP contribution in [0.15, 0.2) is 16.6 Å². The van der Waals surface area contributed by atoms with Gasteiger partial charge >= 0.3 is 0 Å². The van der Waals surface area contributed by atoms with Crippen molar-refractivity contribution >= 4 is 15.9 Å². The lowest BCUT2D eigenvalue weighted by Gasteiger charge is -2.14. The molecule has 0 N–H and O–H groups in total. The summed E-state index contributed by atoms with van der Waals surface area (Å²) in [5, 5.41) is 0. The molecule has 1 aromatic rings. The number of nitrogens with zero attached hydrogens (tertiary/aromatic N) is 1. The summed E-state index contributed by atoms with van der Waals surface area (Å²) < 4.78 is 12.2. The summed E-state index contributed by atoms with van der Waals surface area (Å²) >= 11 is 3.62. The van der Waals surface area contributed by atoms with Gasteiger partial charge in [0.1, 0.15) is 0 Å². The predicted octanol–water partition coefficient (Wildman–Crippen LogP) is 3.74. The van der Waals surface area contributed by atoms with Gasteiger partial charge in [-0.15, -0.1) is 0 Å². The normalized spacial score (nSPS) is 10.8. The maximum absolute atomic E-state index is 5.69. The van der Waals surface area contributed by atoms with E-state index < -0.39 is 0 Å². The largest absolute Gasteiger partial charge is 0.493 e. The highest BCUT2D eigenvalue weighted by atomic mass is 79.9. The predicted molar refractivity (Wildman–Crippen MR) is 83.4 cm³/mol. The zero-order chi connectivity index (χ0) is 14.3. The molecule has 0 spiro atoms. The second-order valence-electron chi connectivity index (χ2n) is 4.85. The van der Waals surface area contributed by atoms with Crippen LogP contribution in [-0.4, -0.2) is 39.3 Å².